The normalized spacial score (nSPS) is 24.8. The van der Waals surface area contributed by atoms with Crippen LogP contribution in [0.5, 0.6) is 0 Å². The molecule has 1 nitrogen and oxygen atoms in total. The molecule has 0 heterocycles. The van der Waals surface area contributed by atoms with E-state index in [1.165, 1.54) is 31.2 Å². The summed E-state index contributed by atoms with van der Waals surface area (Å²) < 4.78 is 0. The molecule has 1 aromatic rings. The smallest absolute Gasteiger partial charge is 0.00741 e. The Morgan fingerprint density at radius 3 is 2.65 bits per heavy atom. The van der Waals surface area contributed by atoms with Crippen LogP contribution in [-0.2, 0) is 6.42 Å². The molecule has 0 saturated heterocycles. The highest BCUT2D eigenvalue weighted by Crippen LogP contribution is 2.35. The van der Waals surface area contributed by atoms with E-state index in [1.807, 2.05) is 0 Å². The molecule has 1 fully saturated rings. The van der Waals surface area contributed by atoms with Crippen LogP contribution in [-0.4, -0.2) is 6.54 Å². The lowest BCUT2D eigenvalue weighted by molar-refractivity contribution is 0.348. The second-order valence-electron chi connectivity index (χ2n) is 5.59. The summed E-state index contributed by atoms with van der Waals surface area (Å²) in [5, 5.41) is 0. The maximum atomic E-state index is 5.57. The van der Waals surface area contributed by atoms with Crippen LogP contribution in [0, 0.1) is 5.92 Å². The van der Waals surface area contributed by atoms with Gasteiger partial charge in [-0.1, -0.05) is 44.0 Å². The number of hydrogen-bond acceptors (Lipinski definition) is 1. The molecule has 1 aliphatic carbocycles. The van der Waals surface area contributed by atoms with Crippen molar-refractivity contribution in [3.8, 4) is 0 Å². The molecule has 0 atom stereocenters. The summed E-state index contributed by atoms with van der Waals surface area (Å²) in [7, 11) is 0. The summed E-state index contributed by atoms with van der Waals surface area (Å²) in [5.74, 6) is 1.75. The van der Waals surface area contributed by atoms with E-state index in [4.69, 9.17) is 5.73 Å². The number of nitrogens with two attached hydrogens (primary N) is 1. The van der Waals surface area contributed by atoms with Gasteiger partial charge in [-0.15, -0.1) is 0 Å². The lowest BCUT2D eigenvalue weighted by Gasteiger charge is -2.26. The van der Waals surface area contributed by atoms with Crippen molar-refractivity contribution in [2.75, 3.05) is 6.54 Å². The van der Waals surface area contributed by atoms with Crippen LogP contribution in [0.25, 0.3) is 0 Å². The van der Waals surface area contributed by atoms with Crippen molar-refractivity contribution in [2.24, 2.45) is 11.7 Å². The van der Waals surface area contributed by atoms with Gasteiger partial charge in [0.2, 0.25) is 0 Å². The minimum absolute atomic E-state index is 0.797. The summed E-state index contributed by atoms with van der Waals surface area (Å²) >= 11 is 0. The molecule has 94 valence electrons. The molecule has 2 rings (SSSR count). The van der Waals surface area contributed by atoms with Crippen molar-refractivity contribution in [3.05, 3.63) is 35.4 Å². The van der Waals surface area contributed by atoms with E-state index in [-0.39, 0.29) is 0 Å². The Morgan fingerprint density at radius 1 is 1.18 bits per heavy atom. The predicted octanol–water partition coefficient (Wildman–Crippen LogP) is 3.87. The summed E-state index contributed by atoms with van der Waals surface area (Å²) in [4.78, 5) is 0. The van der Waals surface area contributed by atoms with Gasteiger partial charge in [-0.25, -0.2) is 0 Å². The first-order valence-corrected chi connectivity index (χ1v) is 7.08. The van der Waals surface area contributed by atoms with E-state index in [0.29, 0.717) is 0 Å². The molecule has 1 aromatic carbocycles. The quantitative estimate of drug-likeness (QED) is 0.836. The highest BCUT2D eigenvalue weighted by Gasteiger charge is 2.19. The Balaban J connectivity index is 2.00. The molecular formula is C16H25N. The van der Waals surface area contributed by atoms with Gasteiger partial charge in [0.05, 0.1) is 0 Å². The minimum atomic E-state index is 0.797. The van der Waals surface area contributed by atoms with Gasteiger partial charge in [0.15, 0.2) is 0 Å². The van der Waals surface area contributed by atoms with Gasteiger partial charge < -0.3 is 5.73 Å². The highest BCUT2D eigenvalue weighted by molar-refractivity contribution is 5.27. The summed E-state index contributed by atoms with van der Waals surface area (Å²) in [6, 6.07) is 9.19. The van der Waals surface area contributed by atoms with Crippen molar-refractivity contribution in [3.63, 3.8) is 0 Å². The van der Waals surface area contributed by atoms with Crippen LogP contribution in [0.2, 0.25) is 0 Å². The number of aryl methyl sites for hydroxylation is 1. The first kappa shape index (κ1) is 12.6. The van der Waals surface area contributed by atoms with E-state index < -0.39 is 0 Å². The Bertz CT molecular complexity index is 337. The zero-order chi connectivity index (χ0) is 12.1. The topological polar surface area (TPSA) is 26.0 Å². The Labute approximate surface area is 105 Å². The molecule has 1 heteroatoms. The molecule has 0 unspecified atom stereocenters. The van der Waals surface area contributed by atoms with E-state index in [9.17, 15) is 0 Å². The monoisotopic (exact) mass is 231 g/mol. The zero-order valence-corrected chi connectivity index (χ0v) is 11.0. The molecule has 1 aliphatic rings. The number of hydrogen-bond donors (Lipinski definition) is 1. The average Bonchev–Trinajstić information content (AvgIpc) is 2.37. The third-order valence-corrected chi connectivity index (χ3v) is 4.11. The van der Waals surface area contributed by atoms with Crippen molar-refractivity contribution in [2.45, 2.75) is 51.4 Å². The van der Waals surface area contributed by atoms with E-state index in [0.717, 1.165) is 31.2 Å². The summed E-state index contributed by atoms with van der Waals surface area (Å²) in [5.41, 5.74) is 8.60. The Kier molecular flexibility index (Phi) is 4.61. The minimum Gasteiger partial charge on any atom is -0.330 e. The van der Waals surface area contributed by atoms with Gasteiger partial charge in [0, 0.05) is 0 Å². The highest BCUT2D eigenvalue weighted by atomic mass is 14.5. The summed E-state index contributed by atoms with van der Waals surface area (Å²) in [6.45, 7) is 3.18. The Hall–Kier alpha value is -0.820. The maximum Gasteiger partial charge on any atom is -0.00741 e. The molecule has 0 aromatic heterocycles. The van der Waals surface area contributed by atoms with Crippen LogP contribution in [0.4, 0.5) is 0 Å². The van der Waals surface area contributed by atoms with E-state index >= 15 is 0 Å². The van der Waals surface area contributed by atoms with Crippen LogP contribution >= 0.6 is 0 Å². The SMILES string of the molecule is CC1CCC(c2cccc(CCCN)c2)CC1. The van der Waals surface area contributed by atoms with Crippen LogP contribution in [0.3, 0.4) is 0 Å². The molecule has 1 saturated carbocycles. The van der Waals surface area contributed by atoms with Gasteiger partial charge in [-0.05, 0) is 55.2 Å². The molecule has 0 bridgehead atoms. The van der Waals surface area contributed by atoms with Crippen LogP contribution in [0.15, 0.2) is 24.3 Å². The molecule has 0 spiro atoms. The van der Waals surface area contributed by atoms with Gasteiger partial charge in [0.25, 0.3) is 0 Å². The van der Waals surface area contributed by atoms with Crippen LogP contribution in [0.1, 0.15) is 56.1 Å². The first-order chi connectivity index (χ1) is 8.29. The number of rotatable bonds is 4. The fraction of sp³-hybridized carbons (Fsp3) is 0.625. The molecular weight excluding hydrogens is 206 g/mol. The average molecular weight is 231 g/mol. The third kappa shape index (κ3) is 3.57. The Morgan fingerprint density at radius 2 is 1.94 bits per heavy atom. The third-order valence-electron chi connectivity index (χ3n) is 4.11. The van der Waals surface area contributed by atoms with Crippen molar-refractivity contribution >= 4 is 0 Å². The number of benzene rings is 1. The van der Waals surface area contributed by atoms with Gasteiger partial charge in [-0.3, -0.25) is 0 Å². The second kappa shape index (κ2) is 6.20. The van der Waals surface area contributed by atoms with Gasteiger partial charge in [-0.2, -0.15) is 0 Å². The molecule has 17 heavy (non-hydrogen) atoms. The lowest BCUT2D eigenvalue weighted by atomic mass is 9.79. The maximum absolute atomic E-state index is 5.57. The predicted molar refractivity (Wildman–Crippen MR) is 74.2 cm³/mol. The van der Waals surface area contributed by atoms with Gasteiger partial charge >= 0.3 is 0 Å². The van der Waals surface area contributed by atoms with Crippen molar-refractivity contribution in [1.29, 1.82) is 0 Å². The molecule has 0 radical (unpaired) electrons. The fourth-order valence-electron chi connectivity index (χ4n) is 2.90. The molecule has 0 amide bonds. The lowest BCUT2D eigenvalue weighted by Crippen LogP contribution is -2.11. The van der Waals surface area contributed by atoms with Crippen molar-refractivity contribution in [1.82, 2.24) is 0 Å². The van der Waals surface area contributed by atoms with E-state index in [2.05, 4.69) is 31.2 Å². The van der Waals surface area contributed by atoms with E-state index in [1.54, 1.807) is 5.56 Å². The first-order valence-electron chi connectivity index (χ1n) is 7.08. The fourth-order valence-corrected chi connectivity index (χ4v) is 2.90. The second-order valence-corrected chi connectivity index (χ2v) is 5.59. The van der Waals surface area contributed by atoms with Crippen molar-refractivity contribution < 1.29 is 0 Å². The van der Waals surface area contributed by atoms with Gasteiger partial charge in [0.1, 0.15) is 0 Å². The standard InChI is InChI=1S/C16H25N/c1-13-7-9-15(10-8-13)16-6-2-4-14(12-16)5-3-11-17/h2,4,6,12-13,15H,3,5,7-11,17H2,1H3. The summed E-state index contributed by atoms with van der Waals surface area (Å²) in [6.07, 6.45) is 7.79. The van der Waals surface area contributed by atoms with Crippen LogP contribution < -0.4 is 5.73 Å². The molecule has 0 aliphatic heterocycles. The zero-order valence-electron chi connectivity index (χ0n) is 11.0. The largest absolute Gasteiger partial charge is 0.330 e. The molecule has 2 N–H and O–H groups in total.